The first-order valence-corrected chi connectivity index (χ1v) is 14.7. The number of hydrogen-bond donors (Lipinski definition) is 2. The largest absolute Gasteiger partial charge is 0.477 e. The van der Waals surface area contributed by atoms with E-state index in [1.54, 1.807) is 4.90 Å². The summed E-state index contributed by atoms with van der Waals surface area (Å²) < 4.78 is 46.2. The Kier molecular flexibility index (Phi) is 9.55. The van der Waals surface area contributed by atoms with Crippen molar-refractivity contribution in [3.05, 3.63) is 41.7 Å². The summed E-state index contributed by atoms with van der Waals surface area (Å²) in [7, 11) is 0. The fourth-order valence-corrected chi connectivity index (χ4v) is 5.23. The Balaban J connectivity index is 1.20. The summed E-state index contributed by atoms with van der Waals surface area (Å²) >= 11 is -3.37. The summed E-state index contributed by atoms with van der Waals surface area (Å²) in [5, 5.41) is 0. The molecule has 216 valence electrons. The maximum atomic E-state index is 12.3. The molecule has 2 saturated heterocycles. The highest BCUT2D eigenvalue weighted by molar-refractivity contribution is 8.16. The second kappa shape index (κ2) is 12.7. The molecule has 0 bridgehead atoms. The first-order chi connectivity index (χ1) is 18.5. The van der Waals surface area contributed by atoms with Crippen LogP contribution in [-0.4, -0.2) is 68.6 Å². The van der Waals surface area contributed by atoms with Crippen molar-refractivity contribution in [3.8, 4) is 17.5 Å². The normalized spacial score (nSPS) is 19.4. The van der Waals surface area contributed by atoms with Crippen LogP contribution < -0.4 is 9.47 Å². The third-order valence-electron chi connectivity index (χ3n) is 6.66. The third-order valence-corrected chi connectivity index (χ3v) is 7.55. The van der Waals surface area contributed by atoms with E-state index in [-0.39, 0.29) is 25.2 Å². The Bertz CT molecular complexity index is 1090. The van der Waals surface area contributed by atoms with Gasteiger partial charge in [0.25, 0.3) is 0 Å². The smallest absolute Gasteiger partial charge is 0.410 e. The van der Waals surface area contributed by atoms with Gasteiger partial charge in [0.05, 0.1) is 25.4 Å². The minimum absolute atomic E-state index is 0.0997. The van der Waals surface area contributed by atoms with Crippen molar-refractivity contribution in [1.29, 1.82) is 0 Å². The van der Waals surface area contributed by atoms with Gasteiger partial charge in [-0.25, -0.2) is 14.8 Å². The Morgan fingerprint density at radius 2 is 1.72 bits per heavy atom. The van der Waals surface area contributed by atoms with Gasteiger partial charge in [0.2, 0.25) is 22.9 Å². The molecule has 0 radical (unpaired) electrons. The maximum absolute atomic E-state index is 12.3. The summed E-state index contributed by atoms with van der Waals surface area (Å²) in [5.41, 5.74) is 1.18. The number of benzene rings is 1. The molecular formula is C27H39N3O8S. The minimum Gasteiger partial charge on any atom is -0.477 e. The summed E-state index contributed by atoms with van der Waals surface area (Å²) in [4.78, 5) is 22.6. The zero-order valence-electron chi connectivity index (χ0n) is 23.0. The molecule has 1 amide bonds. The fraction of sp³-hybridized carbons (Fsp3) is 0.593. The van der Waals surface area contributed by atoms with E-state index < -0.39 is 16.8 Å². The van der Waals surface area contributed by atoms with Crippen LogP contribution in [0.4, 0.5) is 4.79 Å². The molecule has 0 unspecified atom stereocenters. The molecule has 2 aromatic rings. The van der Waals surface area contributed by atoms with E-state index in [0.29, 0.717) is 35.6 Å². The van der Waals surface area contributed by atoms with Gasteiger partial charge in [-0.1, -0.05) is 12.1 Å². The number of rotatable bonds is 8. The van der Waals surface area contributed by atoms with Crippen molar-refractivity contribution < 1.29 is 36.5 Å². The van der Waals surface area contributed by atoms with Gasteiger partial charge >= 0.3 is 6.09 Å². The van der Waals surface area contributed by atoms with Crippen LogP contribution in [-0.2, 0) is 13.1 Å². The second-order valence-electron chi connectivity index (χ2n) is 10.9. The van der Waals surface area contributed by atoms with Crippen molar-refractivity contribution in [3.63, 3.8) is 0 Å². The Morgan fingerprint density at radius 1 is 1.08 bits per heavy atom. The van der Waals surface area contributed by atoms with Gasteiger partial charge in [-0.3, -0.25) is 17.5 Å². The Morgan fingerprint density at radius 3 is 2.36 bits per heavy atom. The summed E-state index contributed by atoms with van der Waals surface area (Å²) in [6.07, 6.45) is 5.04. The van der Waals surface area contributed by atoms with Crippen molar-refractivity contribution in [2.24, 2.45) is 5.92 Å². The van der Waals surface area contributed by atoms with Gasteiger partial charge in [0.1, 0.15) is 17.7 Å². The van der Waals surface area contributed by atoms with Crippen LogP contribution in [0.5, 0.6) is 17.5 Å². The van der Waals surface area contributed by atoms with Crippen LogP contribution in [0.1, 0.15) is 63.5 Å². The van der Waals surface area contributed by atoms with E-state index in [1.807, 2.05) is 52.0 Å². The van der Waals surface area contributed by atoms with E-state index in [9.17, 15) is 13.9 Å². The molecule has 0 spiro atoms. The highest BCUT2D eigenvalue weighted by Crippen LogP contribution is 2.46. The molecule has 1 aromatic carbocycles. The van der Waals surface area contributed by atoms with Crippen LogP contribution in [0, 0.1) is 12.8 Å². The predicted molar refractivity (Wildman–Crippen MR) is 146 cm³/mol. The molecule has 39 heavy (non-hydrogen) atoms. The summed E-state index contributed by atoms with van der Waals surface area (Å²) in [6.45, 7) is 9.83. The highest BCUT2D eigenvalue weighted by Gasteiger charge is 2.30. The van der Waals surface area contributed by atoms with Crippen molar-refractivity contribution in [1.82, 2.24) is 14.9 Å². The number of carbonyl (C=O) groups is 1. The van der Waals surface area contributed by atoms with E-state index in [1.165, 1.54) is 6.33 Å². The fourth-order valence-electron chi connectivity index (χ4n) is 4.47. The molecule has 2 aliphatic rings. The zero-order valence-corrected chi connectivity index (χ0v) is 23.8. The van der Waals surface area contributed by atoms with Crippen molar-refractivity contribution in [2.75, 3.05) is 32.9 Å². The van der Waals surface area contributed by atoms with Gasteiger partial charge < -0.3 is 19.1 Å². The highest BCUT2D eigenvalue weighted by atomic mass is 32.3. The lowest BCUT2D eigenvalue weighted by Gasteiger charge is -2.33. The Hall–Kier alpha value is -2.64. The molecule has 0 aliphatic carbocycles. The van der Waals surface area contributed by atoms with Crippen molar-refractivity contribution >= 4 is 17.2 Å². The SMILES string of the molecule is Cc1c(OCCCC2CCN(C(=O)OC(C)(C)C)CC2)ncnc1Oc1ccc(C2COS(O)(O)OC2)cc1. The average molecular weight is 566 g/mol. The molecule has 2 fully saturated rings. The molecule has 4 rings (SSSR count). The van der Waals surface area contributed by atoms with Gasteiger partial charge in [-0.05, 0) is 77.0 Å². The van der Waals surface area contributed by atoms with Crippen molar-refractivity contribution in [2.45, 2.75) is 64.9 Å². The lowest BCUT2D eigenvalue weighted by atomic mass is 9.92. The number of ether oxygens (including phenoxy) is 3. The van der Waals surface area contributed by atoms with Crippen LogP contribution in [0.3, 0.4) is 0 Å². The average Bonchev–Trinajstić information content (AvgIpc) is 2.88. The van der Waals surface area contributed by atoms with Crippen LogP contribution in [0.15, 0.2) is 30.6 Å². The van der Waals surface area contributed by atoms with Crippen LogP contribution >= 0.6 is 11.2 Å². The van der Waals surface area contributed by atoms with Gasteiger partial charge in [0, 0.05) is 19.0 Å². The number of aromatic nitrogens is 2. The Labute approximate surface area is 231 Å². The van der Waals surface area contributed by atoms with Gasteiger partial charge in [0.15, 0.2) is 0 Å². The number of carbonyl (C=O) groups excluding carboxylic acids is 1. The molecule has 0 atom stereocenters. The molecule has 0 saturated carbocycles. The number of piperidine rings is 1. The van der Waals surface area contributed by atoms with E-state index >= 15 is 0 Å². The monoisotopic (exact) mass is 565 g/mol. The molecule has 2 aliphatic heterocycles. The van der Waals surface area contributed by atoms with Gasteiger partial charge in [-0.2, -0.15) is 0 Å². The second-order valence-corrected chi connectivity index (χ2v) is 12.3. The first kappa shape index (κ1) is 29.3. The van der Waals surface area contributed by atoms with Crippen LogP contribution in [0.2, 0.25) is 0 Å². The topological polar surface area (TPSA) is 133 Å². The van der Waals surface area contributed by atoms with Crippen LogP contribution in [0.25, 0.3) is 0 Å². The molecule has 12 heteroatoms. The lowest BCUT2D eigenvalue weighted by Crippen LogP contribution is -2.41. The molecule has 1 aromatic heterocycles. The number of nitrogens with zero attached hydrogens (tertiary/aromatic N) is 3. The van der Waals surface area contributed by atoms with E-state index in [4.69, 9.17) is 22.6 Å². The molecule has 3 heterocycles. The first-order valence-electron chi connectivity index (χ1n) is 13.3. The quantitative estimate of drug-likeness (QED) is 0.362. The summed E-state index contributed by atoms with van der Waals surface area (Å²) in [6, 6.07) is 7.40. The standard InChI is InChI=1S/C27H39N3O8S/c1-19-24(34-15-5-6-20-11-13-30(14-12-20)26(31)38-27(2,3)4)28-18-29-25(19)37-23-9-7-21(8-10-23)22-16-35-39(32,33)36-17-22/h7-10,18,20,22,32-33H,5-6,11-17H2,1-4H3. The third kappa shape index (κ3) is 8.67. The minimum atomic E-state index is -3.37. The van der Waals surface area contributed by atoms with E-state index in [0.717, 1.165) is 44.3 Å². The molecular weight excluding hydrogens is 526 g/mol. The number of amides is 1. The van der Waals surface area contributed by atoms with E-state index in [2.05, 4.69) is 9.97 Å². The molecule has 11 nitrogen and oxygen atoms in total. The predicted octanol–water partition coefficient (Wildman–Crippen LogP) is 6.09. The molecule has 2 N–H and O–H groups in total. The maximum Gasteiger partial charge on any atom is 0.410 e. The zero-order chi connectivity index (χ0) is 28.0. The summed E-state index contributed by atoms with van der Waals surface area (Å²) in [5.74, 6) is 1.97. The number of hydrogen-bond acceptors (Lipinski definition) is 10. The lowest BCUT2D eigenvalue weighted by molar-refractivity contribution is 0.0179. The van der Waals surface area contributed by atoms with Gasteiger partial charge in [-0.15, -0.1) is 0 Å². The number of likely N-dealkylation sites (tertiary alicyclic amines) is 1.